The molecular weight excluding hydrogens is 386 g/mol. The maximum Gasteiger partial charge on any atom is 0.151 e. The molecule has 0 radical (unpaired) electrons. The molecule has 1 saturated carbocycles. The maximum absolute atomic E-state index is 5.80. The van der Waals surface area contributed by atoms with Gasteiger partial charge in [0, 0.05) is 17.5 Å². The molecule has 31 heavy (non-hydrogen) atoms. The quantitative estimate of drug-likeness (QED) is 0.442. The highest BCUT2D eigenvalue weighted by atomic mass is 16.5. The molecular formula is C26H31N3O2. The second-order valence-corrected chi connectivity index (χ2v) is 8.81. The highest BCUT2D eigenvalue weighted by Gasteiger charge is 2.21. The highest BCUT2D eigenvalue weighted by Crippen LogP contribution is 2.33. The zero-order chi connectivity index (χ0) is 21.8. The van der Waals surface area contributed by atoms with Gasteiger partial charge in [-0.2, -0.15) is 0 Å². The van der Waals surface area contributed by atoms with E-state index < -0.39 is 0 Å². The third-order valence-corrected chi connectivity index (χ3v) is 5.43. The van der Waals surface area contributed by atoms with Gasteiger partial charge in [0.25, 0.3) is 0 Å². The Bertz CT molecular complexity index is 994. The average molecular weight is 418 g/mol. The van der Waals surface area contributed by atoms with Crippen molar-refractivity contribution < 1.29 is 9.47 Å². The Morgan fingerprint density at radius 1 is 0.742 bits per heavy atom. The molecule has 1 aliphatic carbocycles. The standard InChI is InChI=1S/C26H31N3O2/c1-17(2)30-22-12-8-20(9-13-22)25-26(21-10-14-23(15-11-21)31-18(3)4)29-28-24(27-25)16-19-6-5-7-19/h8-15,17-19H,5-7,16H2,1-4H3. The summed E-state index contributed by atoms with van der Waals surface area (Å²) in [4.78, 5) is 4.96. The summed E-state index contributed by atoms with van der Waals surface area (Å²) in [5.74, 6) is 3.21. The fourth-order valence-electron chi connectivity index (χ4n) is 3.72. The van der Waals surface area contributed by atoms with Gasteiger partial charge >= 0.3 is 0 Å². The SMILES string of the molecule is CC(C)Oc1ccc(-c2nnc(CC3CCC3)nc2-c2ccc(OC(C)C)cc2)cc1. The number of hydrogen-bond donors (Lipinski definition) is 0. The number of aromatic nitrogens is 3. The molecule has 0 spiro atoms. The third kappa shape index (κ3) is 5.40. The lowest BCUT2D eigenvalue weighted by Gasteiger charge is -2.24. The van der Waals surface area contributed by atoms with Gasteiger partial charge in [0.1, 0.15) is 22.9 Å². The normalized spacial score (nSPS) is 14.0. The zero-order valence-electron chi connectivity index (χ0n) is 18.8. The van der Waals surface area contributed by atoms with Gasteiger partial charge in [-0.15, -0.1) is 10.2 Å². The largest absolute Gasteiger partial charge is 0.491 e. The van der Waals surface area contributed by atoms with Crippen molar-refractivity contribution in [1.82, 2.24) is 15.2 Å². The molecule has 0 aliphatic heterocycles. The van der Waals surface area contributed by atoms with E-state index in [0.717, 1.165) is 46.3 Å². The lowest BCUT2D eigenvalue weighted by molar-refractivity contribution is 0.242. The first-order chi connectivity index (χ1) is 15.0. The first-order valence-electron chi connectivity index (χ1n) is 11.3. The lowest BCUT2D eigenvalue weighted by atomic mass is 9.83. The molecule has 1 fully saturated rings. The smallest absolute Gasteiger partial charge is 0.151 e. The van der Waals surface area contributed by atoms with Crippen LogP contribution in [0, 0.1) is 5.92 Å². The van der Waals surface area contributed by atoms with Crippen LogP contribution in [0.5, 0.6) is 11.5 Å². The average Bonchev–Trinajstić information content (AvgIpc) is 2.71. The molecule has 1 heterocycles. The summed E-state index contributed by atoms with van der Waals surface area (Å²) in [6, 6.07) is 16.1. The molecule has 162 valence electrons. The molecule has 0 unspecified atom stereocenters. The number of ether oxygens (including phenoxy) is 2. The minimum absolute atomic E-state index is 0.139. The van der Waals surface area contributed by atoms with Crippen LogP contribution in [0.25, 0.3) is 22.5 Å². The van der Waals surface area contributed by atoms with E-state index in [4.69, 9.17) is 14.5 Å². The van der Waals surface area contributed by atoms with E-state index in [1.807, 2.05) is 64.1 Å². The van der Waals surface area contributed by atoms with Crippen LogP contribution in [0.4, 0.5) is 0 Å². The van der Waals surface area contributed by atoms with Crippen LogP contribution in [0.15, 0.2) is 48.5 Å². The molecule has 2 aromatic carbocycles. The first-order valence-corrected chi connectivity index (χ1v) is 11.3. The highest BCUT2D eigenvalue weighted by molar-refractivity contribution is 5.77. The predicted octanol–water partition coefficient (Wildman–Crippen LogP) is 6.12. The van der Waals surface area contributed by atoms with Crippen LogP contribution in [0.1, 0.15) is 52.8 Å². The van der Waals surface area contributed by atoms with E-state index in [0.29, 0.717) is 5.92 Å². The summed E-state index contributed by atoms with van der Waals surface area (Å²) in [5, 5.41) is 9.09. The second-order valence-electron chi connectivity index (χ2n) is 8.81. The zero-order valence-corrected chi connectivity index (χ0v) is 18.8. The summed E-state index contributed by atoms with van der Waals surface area (Å²) in [7, 11) is 0. The second kappa shape index (κ2) is 9.46. The molecule has 4 rings (SSSR count). The van der Waals surface area contributed by atoms with Gasteiger partial charge in [-0.05, 0) is 82.1 Å². The molecule has 0 N–H and O–H groups in total. The van der Waals surface area contributed by atoms with Gasteiger partial charge in [0.2, 0.25) is 0 Å². The Hall–Kier alpha value is -2.95. The topological polar surface area (TPSA) is 57.1 Å². The molecule has 5 nitrogen and oxygen atoms in total. The van der Waals surface area contributed by atoms with Crippen molar-refractivity contribution in [2.75, 3.05) is 0 Å². The summed E-state index contributed by atoms with van der Waals surface area (Å²) in [5.41, 5.74) is 3.63. The first kappa shape index (κ1) is 21.3. The van der Waals surface area contributed by atoms with Gasteiger partial charge in [-0.25, -0.2) is 4.98 Å². The van der Waals surface area contributed by atoms with Gasteiger partial charge < -0.3 is 9.47 Å². The van der Waals surface area contributed by atoms with E-state index in [2.05, 4.69) is 22.3 Å². The number of nitrogens with zero attached hydrogens (tertiary/aromatic N) is 3. The predicted molar refractivity (Wildman–Crippen MR) is 123 cm³/mol. The van der Waals surface area contributed by atoms with Gasteiger partial charge in [-0.3, -0.25) is 0 Å². The Morgan fingerprint density at radius 3 is 1.71 bits per heavy atom. The fourth-order valence-corrected chi connectivity index (χ4v) is 3.72. The molecule has 1 aromatic heterocycles. The summed E-state index contributed by atoms with van der Waals surface area (Å²) < 4.78 is 11.6. The van der Waals surface area contributed by atoms with Gasteiger partial charge in [-0.1, -0.05) is 19.3 Å². The van der Waals surface area contributed by atoms with E-state index in [-0.39, 0.29) is 12.2 Å². The Kier molecular flexibility index (Phi) is 6.50. The van der Waals surface area contributed by atoms with Crippen LogP contribution < -0.4 is 9.47 Å². The van der Waals surface area contributed by atoms with Crippen molar-refractivity contribution in [2.45, 2.75) is 65.6 Å². The Balaban J connectivity index is 1.68. The van der Waals surface area contributed by atoms with Crippen molar-refractivity contribution in [2.24, 2.45) is 5.92 Å². The number of benzene rings is 2. The van der Waals surface area contributed by atoms with Crippen LogP contribution in [0.3, 0.4) is 0 Å². The van der Waals surface area contributed by atoms with E-state index in [1.54, 1.807) is 0 Å². The summed E-state index contributed by atoms with van der Waals surface area (Å²) in [6.45, 7) is 8.10. The van der Waals surface area contributed by atoms with E-state index >= 15 is 0 Å². The molecule has 0 bridgehead atoms. The summed E-state index contributed by atoms with van der Waals surface area (Å²) in [6.07, 6.45) is 5.02. The Labute approximate surface area is 184 Å². The molecule has 0 saturated heterocycles. The third-order valence-electron chi connectivity index (χ3n) is 5.43. The van der Waals surface area contributed by atoms with Crippen molar-refractivity contribution in [3.63, 3.8) is 0 Å². The molecule has 5 heteroatoms. The van der Waals surface area contributed by atoms with Crippen molar-refractivity contribution in [3.05, 3.63) is 54.4 Å². The van der Waals surface area contributed by atoms with Crippen LogP contribution in [-0.2, 0) is 6.42 Å². The molecule has 3 aromatic rings. The van der Waals surface area contributed by atoms with E-state index in [9.17, 15) is 0 Å². The Morgan fingerprint density at radius 2 is 1.26 bits per heavy atom. The number of hydrogen-bond acceptors (Lipinski definition) is 5. The van der Waals surface area contributed by atoms with Crippen LogP contribution in [-0.4, -0.2) is 27.4 Å². The number of rotatable bonds is 8. The molecule has 1 aliphatic rings. The van der Waals surface area contributed by atoms with Crippen LogP contribution in [0.2, 0.25) is 0 Å². The maximum atomic E-state index is 5.80. The molecule has 0 amide bonds. The van der Waals surface area contributed by atoms with E-state index in [1.165, 1.54) is 19.3 Å². The van der Waals surface area contributed by atoms with Gasteiger partial charge in [0.15, 0.2) is 5.82 Å². The minimum atomic E-state index is 0.139. The van der Waals surface area contributed by atoms with Gasteiger partial charge in [0.05, 0.1) is 12.2 Å². The van der Waals surface area contributed by atoms with Crippen molar-refractivity contribution in [1.29, 1.82) is 0 Å². The fraction of sp³-hybridized carbons (Fsp3) is 0.423. The van der Waals surface area contributed by atoms with Crippen molar-refractivity contribution in [3.8, 4) is 34.0 Å². The monoisotopic (exact) mass is 417 g/mol. The van der Waals surface area contributed by atoms with Crippen molar-refractivity contribution >= 4 is 0 Å². The molecule has 0 atom stereocenters. The van der Waals surface area contributed by atoms with Crippen LogP contribution >= 0.6 is 0 Å². The lowest BCUT2D eigenvalue weighted by Crippen LogP contribution is -2.16. The minimum Gasteiger partial charge on any atom is -0.491 e. The summed E-state index contributed by atoms with van der Waals surface area (Å²) >= 11 is 0.